The number of nitrogens with zero attached hydrogens (tertiary/aromatic N) is 4. The summed E-state index contributed by atoms with van der Waals surface area (Å²) in [5.41, 5.74) is -4.07. The van der Waals surface area contributed by atoms with Gasteiger partial charge in [0.25, 0.3) is 0 Å². The molecule has 38 heavy (non-hydrogen) atoms. The molecule has 6 rings (SSSR count). The van der Waals surface area contributed by atoms with Crippen molar-refractivity contribution in [2.75, 3.05) is 0 Å². The summed E-state index contributed by atoms with van der Waals surface area (Å²) < 4.78 is 0. The average Bonchev–Trinajstić information content (AvgIpc) is 3.37. The van der Waals surface area contributed by atoms with Crippen LogP contribution in [0.5, 0.6) is 0 Å². The maximum absolute atomic E-state index is 12.3. The standard InChI is InChI=1S/C26H14N4O8/c31-27(32)25(28(33)34)21-7-3-1-5-17(21)19-11-9-15(13-23(19)25)16-10-12-20-18-6-2-4-8-22(18)26(29(35)36,30(37)38)24(20)14-16/h1-14H. The molecule has 0 amide bonds. The topological polar surface area (TPSA) is 173 Å². The van der Waals surface area contributed by atoms with Crippen molar-refractivity contribution in [3.63, 3.8) is 0 Å². The largest absolute Gasteiger partial charge is 0.511 e. The van der Waals surface area contributed by atoms with E-state index in [0.29, 0.717) is 22.3 Å². The van der Waals surface area contributed by atoms with E-state index in [-0.39, 0.29) is 33.4 Å². The van der Waals surface area contributed by atoms with E-state index < -0.39 is 31.0 Å². The normalized spacial score (nSPS) is 15.1. The maximum Gasteiger partial charge on any atom is 0.511 e. The quantitative estimate of drug-likeness (QED) is 0.209. The molecule has 0 heterocycles. The Morgan fingerprint density at radius 2 is 0.737 bits per heavy atom. The molecular formula is C26H14N4O8. The molecule has 0 spiro atoms. The summed E-state index contributed by atoms with van der Waals surface area (Å²) >= 11 is 0. The molecule has 2 aliphatic rings. The molecular weight excluding hydrogens is 496 g/mol. The molecule has 12 nitrogen and oxygen atoms in total. The third-order valence-corrected chi connectivity index (χ3v) is 7.37. The fourth-order valence-electron chi connectivity index (χ4n) is 5.75. The smallest absolute Gasteiger partial charge is 0.258 e. The van der Waals surface area contributed by atoms with Crippen LogP contribution in [-0.4, -0.2) is 19.7 Å². The molecule has 0 saturated carbocycles. The van der Waals surface area contributed by atoms with Crippen molar-refractivity contribution >= 4 is 0 Å². The lowest BCUT2D eigenvalue weighted by molar-refractivity contribution is -0.795. The lowest BCUT2D eigenvalue weighted by Gasteiger charge is -2.16. The highest BCUT2D eigenvalue weighted by atomic mass is 16.7. The molecule has 2 aliphatic carbocycles. The first-order valence-corrected chi connectivity index (χ1v) is 11.2. The van der Waals surface area contributed by atoms with Gasteiger partial charge < -0.3 is 0 Å². The van der Waals surface area contributed by atoms with Gasteiger partial charge in [-0.25, -0.2) is 0 Å². The van der Waals surface area contributed by atoms with Crippen molar-refractivity contribution in [1.82, 2.24) is 0 Å². The molecule has 4 aromatic rings. The number of nitro groups is 4. The first kappa shape index (κ1) is 22.9. The van der Waals surface area contributed by atoms with E-state index >= 15 is 0 Å². The molecule has 12 heteroatoms. The molecule has 4 aromatic carbocycles. The highest BCUT2D eigenvalue weighted by Crippen LogP contribution is 2.53. The van der Waals surface area contributed by atoms with Crippen LogP contribution in [-0.2, 0) is 11.3 Å². The van der Waals surface area contributed by atoms with Gasteiger partial charge in [0.1, 0.15) is 41.9 Å². The fraction of sp³-hybridized carbons (Fsp3) is 0.0769. The molecule has 0 atom stereocenters. The Hall–Kier alpha value is -5.52. The molecule has 0 aromatic heterocycles. The van der Waals surface area contributed by atoms with Gasteiger partial charge in [0.15, 0.2) is 0 Å². The minimum atomic E-state index is -2.75. The van der Waals surface area contributed by atoms with Crippen molar-refractivity contribution in [2.24, 2.45) is 0 Å². The van der Waals surface area contributed by atoms with Crippen LogP contribution in [0.1, 0.15) is 22.3 Å². The summed E-state index contributed by atoms with van der Waals surface area (Å²) in [6, 6.07) is 20.9. The highest BCUT2D eigenvalue weighted by Gasteiger charge is 2.67. The minimum Gasteiger partial charge on any atom is -0.258 e. The van der Waals surface area contributed by atoms with Crippen molar-refractivity contribution in [3.8, 4) is 33.4 Å². The Morgan fingerprint density at radius 1 is 0.421 bits per heavy atom. The number of hydrogen-bond acceptors (Lipinski definition) is 8. The van der Waals surface area contributed by atoms with Gasteiger partial charge in [-0.3, -0.25) is 40.5 Å². The second-order valence-corrected chi connectivity index (χ2v) is 8.98. The zero-order valence-electron chi connectivity index (χ0n) is 19.1. The second-order valence-electron chi connectivity index (χ2n) is 8.98. The molecule has 0 unspecified atom stereocenters. The zero-order valence-corrected chi connectivity index (χ0v) is 19.1. The average molecular weight is 510 g/mol. The van der Waals surface area contributed by atoms with E-state index in [1.54, 1.807) is 36.4 Å². The lowest BCUT2D eigenvalue weighted by atomic mass is 9.91. The number of benzene rings is 4. The summed E-state index contributed by atoms with van der Waals surface area (Å²) in [7, 11) is 0. The first-order valence-electron chi connectivity index (χ1n) is 11.2. The van der Waals surface area contributed by atoms with Crippen molar-refractivity contribution < 1.29 is 19.7 Å². The summed E-state index contributed by atoms with van der Waals surface area (Å²) in [6.45, 7) is 0. The van der Waals surface area contributed by atoms with Crippen molar-refractivity contribution in [1.29, 1.82) is 0 Å². The van der Waals surface area contributed by atoms with Gasteiger partial charge in [-0.1, -0.05) is 60.7 Å². The third-order valence-electron chi connectivity index (χ3n) is 7.37. The molecule has 0 fully saturated rings. The van der Waals surface area contributed by atoms with Gasteiger partial charge >= 0.3 is 11.3 Å². The van der Waals surface area contributed by atoms with Gasteiger partial charge in [0.2, 0.25) is 0 Å². The highest BCUT2D eigenvalue weighted by molar-refractivity contribution is 5.85. The number of hydrogen-bond donors (Lipinski definition) is 0. The minimum absolute atomic E-state index is 0.0766. The van der Waals surface area contributed by atoms with E-state index in [1.807, 2.05) is 0 Å². The third kappa shape index (κ3) is 2.52. The van der Waals surface area contributed by atoms with Crippen molar-refractivity contribution in [3.05, 3.63) is 148 Å². The van der Waals surface area contributed by atoms with Gasteiger partial charge in [-0.05, 0) is 35.4 Å². The number of fused-ring (bicyclic) bond motifs is 6. The molecule has 0 saturated heterocycles. The Balaban J connectivity index is 1.60. The predicted molar refractivity (Wildman–Crippen MR) is 132 cm³/mol. The van der Waals surface area contributed by atoms with E-state index in [9.17, 15) is 40.5 Å². The Labute approximate surface area is 212 Å². The Morgan fingerprint density at radius 3 is 1.08 bits per heavy atom. The monoisotopic (exact) mass is 510 g/mol. The summed E-state index contributed by atoms with van der Waals surface area (Å²) in [4.78, 5) is 45.3. The van der Waals surface area contributed by atoms with Crippen LogP contribution in [0.25, 0.3) is 33.4 Å². The van der Waals surface area contributed by atoms with E-state index in [1.165, 1.54) is 48.5 Å². The van der Waals surface area contributed by atoms with Crippen LogP contribution in [0.4, 0.5) is 0 Å². The summed E-state index contributed by atoms with van der Waals surface area (Å²) in [5.74, 6) is 0. The molecule has 0 aliphatic heterocycles. The summed E-state index contributed by atoms with van der Waals surface area (Å²) in [6.07, 6.45) is 0. The van der Waals surface area contributed by atoms with E-state index in [0.717, 1.165) is 0 Å². The van der Waals surface area contributed by atoms with Gasteiger partial charge in [-0.2, -0.15) is 0 Å². The predicted octanol–water partition coefficient (Wildman–Crippen LogP) is 4.82. The van der Waals surface area contributed by atoms with Gasteiger partial charge in [-0.15, -0.1) is 0 Å². The van der Waals surface area contributed by atoms with Crippen LogP contribution in [0.3, 0.4) is 0 Å². The zero-order chi connectivity index (χ0) is 27.0. The van der Waals surface area contributed by atoms with Crippen LogP contribution in [0.2, 0.25) is 0 Å². The Bertz CT molecular complexity index is 1610. The van der Waals surface area contributed by atoms with Crippen molar-refractivity contribution in [2.45, 2.75) is 11.3 Å². The van der Waals surface area contributed by atoms with Gasteiger partial charge in [0, 0.05) is 22.3 Å². The van der Waals surface area contributed by atoms with Gasteiger partial charge in [0.05, 0.1) is 0 Å². The second kappa shape index (κ2) is 7.49. The van der Waals surface area contributed by atoms with Crippen LogP contribution >= 0.6 is 0 Å². The maximum atomic E-state index is 12.3. The van der Waals surface area contributed by atoms with E-state index in [2.05, 4.69) is 0 Å². The van der Waals surface area contributed by atoms with E-state index in [4.69, 9.17) is 0 Å². The Kier molecular flexibility index (Phi) is 4.52. The lowest BCUT2D eigenvalue weighted by Crippen LogP contribution is -2.42. The molecule has 0 N–H and O–H groups in total. The fourth-order valence-corrected chi connectivity index (χ4v) is 5.75. The molecule has 0 radical (unpaired) electrons. The number of rotatable bonds is 5. The van der Waals surface area contributed by atoms with Crippen LogP contribution < -0.4 is 0 Å². The van der Waals surface area contributed by atoms with Crippen LogP contribution in [0, 0.1) is 40.5 Å². The molecule has 186 valence electrons. The SMILES string of the molecule is O=[N+]([O-])C1([N+](=O)[O-])c2ccccc2-c2ccc(-c3ccc4c(c3)C([N+](=O)[O-])([N+](=O)[O-])c3ccccc3-4)cc21. The first-order chi connectivity index (χ1) is 18.2. The molecule has 0 bridgehead atoms. The van der Waals surface area contributed by atoms with Crippen LogP contribution in [0.15, 0.2) is 84.9 Å². The summed E-state index contributed by atoms with van der Waals surface area (Å²) in [5, 5.41) is 49.1.